The maximum Gasteiger partial charge on any atom is 0.245 e. The average Bonchev–Trinajstić information content (AvgIpc) is 2.73. The number of aliphatic hydroxyl groups excluding tert-OH is 1. The van der Waals surface area contributed by atoms with Gasteiger partial charge in [0.2, 0.25) is 10.0 Å². The van der Waals surface area contributed by atoms with Gasteiger partial charge in [-0.3, -0.25) is 0 Å². The quantitative estimate of drug-likeness (QED) is 0.837. The fraction of sp³-hybridized carbons (Fsp3) is 0.500. The smallest absolute Gasteiger partial charge is 0.245 e. The number of nitrogens with zero attached hydrogens (tertiary/aromatic N) is 1. The summed E-state index contributed by atoms with van der Waals surface area (Å²) in [6.07, 6.45) is 0.802. The highest BCUT2D eigenvalue weighted by atomic mass is 32.2. The average molecular weight is 271 g/mol. The van der Waals surface area contributed by atoms with Crippen molar-refractivity contribution in [2.45, 2.75) is 30.4 Å². The second-order valence-corrected chi connectivity index (χ2v) is 6.50. The first-order valence-electron chi connectivity index (χ1n) is 5.83. The van der Waals surface area contributed by atoms with Crippen molar-refractivity contribution >= 4 is 10.0 Å². The van der Waals surface area contributed by atoms with Crippen molar-refractivity contribution in [3.8, 4) is 0 Å². The Morgan fingerprint density at radius 2 is 1.94 bits per heavy atom. The molecule has 2 N–H and O–H groups in total. The van der Waals surface area contributed by atoms with E-state index in [9.17, 15) is 18.6 Å². The lowest BCUT2D eigenvalue weighted by molar-refractivity contribution is -0.0759. The molecular formula is C12H17NO4S. The van der Waals surface area contributed by atoms with Gasteiger partial charge < -0.3 is 10.2 Å². The van der Waals surface area contributed by atoms with E-state index in [0.717, 1.165) is 9.87 Å². The van der Waals surface area contributed by atoms with Crippen LogP contribution in [0, 0.1) is 6.92 Å². The van der Waals surface area contributed by atoms with E-state index < -0.39 is 22.4 Å². The third-order valence-corrected chi connectivity index (χ3v) is 5.24. The largest absolute Gasteiger partial charge is 0.392 e. The molecule has 1 saturated heterocycles. The van der Waals surface area contributed by atoms with Crippen molar-refractivity contribution in [3.63, 3.8) is 0 Å². The number of aliphatic hydroxyl groups is 2. The molecule has 18 heavy (non-hydrogen) atoms. The van der Waals surface area contributed by atoms with E-state index >= 15 is 0 Å². The van der Waals surface area contributed by atoms with Crippen LogP contribution in [0.2, 0.25) is 0 Å². The van der Waals surface area contributed by atoms with Crippen LogP contribution in [-0.4, -0.2) is 41.8 Å². The van der Waals surface area contributed by atoms with Gasteiger partial charge in [0.05, 0.1) is 11.5 Å². The molecule has 5 nitrogen and oxygen atoms in total. The van der Waals surface area contributed by atoms with Crippen molar-refractivity contribution in [2.75, 3.05) is 13.2 Å². The van der Waals surface area contributed by atoms with Crippen LogP contribution < -0.4 is 0 Å². The third kappa shape index (κ3) is 2.16. The number of hydrogen-bond acceptors (Lipinski definition) is 4. The van der Waals surface area contributed by atoms with Crippen molar-refractivity contribution in [2.24, 2.45) is 0 Å². The molecule has 2 rings (SSSR count). The van der Waals surface area contributed by atoms with Crippen molar-refractivity contribution in [3.05, 3.63) is 29.8 Å². The van der Waals surface area contributed by atoms with Gasteiger partial charge in [-0.25, -0.2) is 8.42 Å². The molecule has 1 aromatic carbocycles. The van der Waals surface area contributed by atoms with Gasteiger partial charge >= 0.3 is 0 Å². The molecule has 0 radical (unpaired) electrons. The standard InChI is InChI=1S/C12H17NO4S/c1-10-3-5-11(6-4-10)18(16,17)13-8-2-7-12(13,15)9-14/h3-6,14-15H,2,7-9H2,1H3/t12-/m1/s1. The zero-order chi connectivity index (χ0) is 13.4. The minimum atomic E-state index is -3.75. The van der Waals surface area contributed by atoms with Gasteiger partial charge in [-0.1, -0.05) is 17.7 Å². The van der Waals surface area contributed by atoms with Gasteiger partial charge in [-0.15, -0.1) is 0 Å². The van der Waals surface area contributed by atoms with E-state index in [0.29, 0.717) is 6.42 Å². The van der Waals surface area contributed by atoms with Gasteiger partial charge in [0.15, 0.2) is 5.72 Å². The molecule has 1 heterocycles. The summed E-state index contributed by atoms with van der Waals surface area (Å²) in [5.41, 5.74) is -0.697. The second-order valence-electron chi connectivity index (χ2n) is 4.63. The first-order valence-corrected chi connectivity index (χ1v) is 7.27. The highest BCUT2D eigenvalue weighted by molar-refractivity contribution is 7.89. The molecule has 1 aliphatic heterocycles. The van der Waals surface area contributed by atoms with Crippen molar-refractivity contribution in [1.82, 2.24) is 4.31 Å². The van der Waals surface area contributed by atoms with Crippen LogP contribution in [0.5, 0.6) is 0 Å². The lowest BCUT2D eigenvalue weighted by atomic mass is 10.2. The van der Waals surface area contributed by atoms with Crippen molar-refractivity contribution in [1.29, 1.82) is 0 Å². The topological polar surface area (TPSA) is 77.8 Å². The Hall–Kier alpha value is -0.950. The molecule has 0 aromatic heterocycles. The molecule has 0 spiro atoms. The van der Waals surface area contributed by atoms with Gasteiger partial charge in [-0.05, 0) is 31.9 Å². The van der Waals surface area contributed by atoms with Crippen LogP contribution in [-0.2, 0) is 10.0 Å². The van der Waals surface area contributed by atoms with E-state index in [1.165, 1.54) is 12.1 Å². The SMILES string of the molecule is Cc1ccc(S(=O)(=O)N2CCC[C@@]2(O)CO)cc1. The van der Waals surface area contributed by atoms with E-state index in [1.54, 1.807) is 12.1 Å². The highest BCUT2D eigenvalue weighted by Crippen LogP contribution is 2.32. The van der Waals surface area contributed by atoms with Crippen molar-refractivity contribution < 1.29 is 18.6 Å². The molecule has 1 aliphatic rings. The summed E-state index contributed by atoms with van der Waals surface area (Å²) in [4.78, 5) is 0.141. The summed E-state index contributed by atoms with van der Waals surface area (Å²) in [6.45, 7) is 1.52. The Morgan fingerprint density at radius 1 is 1.33 bits per heavy atom. The van der Waals surface area contributed by atoms with Crippen LogP contribution in [0.25, 0.3) is 0 Å². The zero-order valence-corrected chi connectivity index (χ0v) is 11.0. The minimum absolute atomic E-state index is 0.141. The summed E-state index contributed by atoms with van der Waals surface area (Å²) in [5.74, 6) is 0. The van der Waals surface area contributed by atoms with Gasteiger partial charge in [-0.2, -0.15) is 4.31 Å². The molecule has 100 valence electrons. The summed E-state index contributed by atoms with van der Waals surface area (Å²) in [6, 6.07) is 6.45. The molecule has 0 amide bonds. The van der Waals surface area contributed by atoms with Crippen LogP contribution >= 0.6 is 0 Å². The maximum absolute atomic E-state index is 12.4. The van der Waals surface area contributed by atoms with E-state index in [4.69, 9.17) is 0 Å². The van der Waals surface area contributed by atoms with Gasteiger partial charge in [0.1, 0.15) is 0 Å². The van der Waals surface area contributed by atoms with E-state index in [2.05, 4.69) is 0 Å². The Balaban J connectivity index is 2.40. The molecule has 0 saturated carbocycles. The molecule has 0 aliphatic carbocycles. The summed E-state index contributed by atoms with van der Waals surface area (Å²) in [7, 11) is -3.75. The zero-order valence-electron chi connectivity index (χ0n) is 10.2. The first-order chi connectivity index (χ1) is 8.40. The first kappa shape index (κ1) is 13.5. The lowest BCUT2D eigenvalue weighted by Crippen LogP contribution is -2.49. The third-order valence-electron chi connectivity index (χ3n) is 3.26. The Labute approximate surface area is 107 Å². The van der Waals surface area contributed by atoms with Crippen LogP contribution in [0.15, 0.2) is 29.2 Å². The Morgan fingerprint density at radius 3 is 2.50 bits per heavy atom. The fourth-order valence-corrected chi connectivity index (χ4v) is 3.88. The summed E-state index contributed by atoms with van der Waals surface area (Å²) >= 11 is 0. The predicted molar refractivity (Wildman–Crippen MR) is 66.3 cm³/mol. The number of benzene rings is 1. The second kappa shape index (κ2) is 4.62. The van der Waals surface area contributed by atoms with Crippen LogP contribution in [0.3, 0.4) is 0 Å². The molecule has 1 aromatic rings. The van der Waals surface area contributed by atoms with Crippen LogP contribution in [0.1, 0.15) is 18.4 Å². The van der Waals surface area contributed by atoms with Gasteiger partial charge in [0.25, 0.3) is 0 Å². The predicted octanol–water partition coefficient (Wildman–Crippen LogP) is 0.460. The molecular weight excluding hydrogens is 254 g/mol. The van der Waals surface area contributed by atoms with E-state index in [-0.39, 0.29) is 17.9 Å². The summed E-state index contributed by atoms with van der Waals surface area (Å²) in [5, 5.41) is 19.3. The monoisotopic (exact) mass is 271 g/mol. The number of sulfonamides is 1. The normalized spacial score (nSPS) is 25.5. The van der Waals surface area contributed by atoms with E-state index in [1.807, 2.05) is 6.92 Å². The highest BCUT2D eigenvalue weighted by Gasteiger charge is 2.45. The Kier molecular flexibility index (Phi) is 3.46. The van der Waals surface area contributed by atoms with Crippen LogP contribution in [0.4, 0.5) is 0 Å². The lowest BCUT2D eigenvalue weighted by Gasteiger charge is -2.30. The molecule has 0 bridgehead atoms. The number of rotatable bonds is 3. The fourth-order valence-electron chi connectivity index (χ4n) is 2.18. The Bertz CT molecular complexity index is 526. The number of aryl methyl sites for hydroxylation is 1. The number of hydrogen-bond donors (Lipinski definition) is 2. The van der Waals surface area contributed by atoms with Gasteiger partial charge in [0, 0.05) is 6.54 Å². The molecule has 1 fully saturated rings. The molecule has 6 heteroatoms. The molecule has 1 atom stereocenters. The summed E-state index contributed by atoms with van der Waals surface area (Å²) < 4.78 is 25.7. The maximum atomic E-state index is 12.4. The molecule has 0 unspecified atom stereocenters. The minimum Gasteiger partial charge on any atom is -0.392 e.